The molecule has 0 bridgehead atoms. The molecule has 0 saturated carbocycles. The van der Waals surface area contributed by atoms with Crippen molar-refractivity contribution < 1.29 is 13.2 Å². The van der Waals surface area contributed by atoms with Crippen LogP contribution in [0.4, 0.5) is 5.69 Å². The number of nitrogens with one attached hydrogen (secondary N) is 1. The van der Waals surface area contributed by atoms with E-state index < -0.39 is 10.0 Å². The quantitative estimate of drug-likeness (QED) is 0.867. The molecule has 1 N–H and O–H groups in total. The normalized spacial score (nSPS) is 16.1. The van der Waals surface area contributed by atoms with Gasteiger partial charge in [-0.3, -0.25) is 4.79 Å². The molecule has 1 aliphatic heterocycles. The number of hydrogen-bond acceptors (Lipinski definition) is 3. The summed E-state index contributed by atoms with van der Waals surface area (Å²) < 4.78 is 26.5. The van der Waals surface area contributed by atoms with E-state index >= 15 is 0 Å². The maximum absolute atomic E-state index is 12.5. The minimum Gasteiger partial charge on any atom is -0.323 e. The van der Waals surface area contributed by atoms with Crippen LogP contribution in [0.25, 0.3) is 0 Å². The van der Waals surface area contributed by atoms with Gasteiger partial charge in [0.15, 0.2) is 0 Å². The number of amides is 1. The number of nitrogens with zero attached hydrogens (tertiary/aromatic N) is 1. The van der Waals surface area contributed by atoms with Gasteiger partial charge in [-0.2, -0.15) is 4.31 Å². The summed E-state index contributed by atoms with van der Waals surface area (Å²) >= 11 is 0. The largest absolute Gasteiger partial charge is 0.323 e. The SMILES string of the molecule is CC(C)=CC(=O)Nc1ccc(S(=O)(=O)N2CCCCC2)cc1. The van der Waals surface area contributed by atoms with E-state index in [9.17, 15) is 13.2 Å². The van der Waals surface area contributed by atoms with Crippen LogP contribution >= 0.6 is 0 Å². The van der Waals surface area contributed by atoms with Crippen LogP contribution in [0.3, 0.4) is 0 Å². The Morgan fingerprint density at radius 3 is 2.23 bits per heavy atom. The third-order valence-corrected chi connectivity index (χ3v) is 5.41. The monoisotopic (exact) mass is 322 g/mol. The summed E-state index contributed by atoms with van der Waals surface area (Å²) in [5.74, 6) is -0.216. The first-order valence-electron chi connectivity index (χ1n) is 7.46. The maximum atomic E-state index is 12.5. The van der Waals surface area contributed by atoms with Gasteiger partial charge in [-0.15, -0.1) is 0 Å². The first-order valence-corrected chi connectivity index (χ1v) is 8.90. The number of sulfonamides is 1. The molecule has 1 fully saturated rings. The van der Waals surface area contributed by atoms with Gasteiger partial charge >= 0.3 is 0 Å². The van der Waals surface area contributed by atoms with Gasteiger partial charge in [-0.05, 0) is 51.0 Å². The summed E-state index contributed by atoms with van der Waals surface area (Å²) in [6, 6.07) is 6.32. The van der Waals surface area contributed by atoms with E-state index in [2.05, 4.69) is 5.32 Å². The number of piperidine rings is 1. The highest BCUT2D eigenvalue weighted by molar-refractivity contribution is 7.89. The lowest BCUT2D eigenvalue weighted by atomic mass is 10.2. The molecular formula is C16H22N2O3S. The van der Waals surface area contributed by atoms with Crippen LogP contribution in [0.15, 0.2) is 40.8 Å². The summed E-state index contributed by atoms with van der Waals surface area (Å²) in [5.41, 5.74) is 1.49. The number of allylic oxidation sites excluding steroid dienone is 1. The second-order valence-corrected chi connectivity index (χ2v) is 7.64. The minimum absolute atomic E-state index is 0.216. The van der Waals surface area contributed by atoms with Crippen molar-refractivity contribution in [3.05, 3.63) is 35.9 Å². The average Bonchev–Trinajstić information content (AvgIpc) is 2.48. The Kier molecular flexibility index (Phi) is 5.37. The minimum atomic E-state index is -3.42. The average molecular weight is 322 g/mol. The number of benzene rings is 1. The van der Waals surface area contributed by atoms with Gasteiger partial charge in [0.25, 0.3) is 0 Å². The topological polar surface area (TPSA) is 66.5 Å². The molecule has 0 unspecified atom stereocenters. The van der Waals surface area contributed by atoms with Crippen molar-refractivity contribution in [2.75, 3.05) is 18.4 Å². The highest BCUT2D eigenvalue weighted by Crippen LogP contribution is 2.21. The lowest BCUT2D eigenvalue weighted by Crippen LogP contribution is -2.35. The van der Waals surface area contributed by atoms with Gasteiger partial charge in [-0.1, -0.05) is 12.0 Å². The second-order valence-electron chi connectivity index (χ2n) is 5.70. The van der Waals surface area contributed by atoms with Crippen LogP contribution in [0.2, 0.25) is 0 Å². The van der Waals surface area contributed by atoms with Gasteiger partial charge in [0, 0.05) is 24.9 Å². The van der Waals surface area contributed by atoms with Crippen LogP contribution in [0.5, 0.6) is 0 Å². The highest BCUT2D eigenvalue weighted by Gasteiger charge is 2.25. The summed E-state index contributed by atoms with van der Waals surface area (Å²) in [6.45, 7) is 4.85. The molecule has 1 aromatic rings. The number of carbonyl (C=O) groups excluding carboxylic acids is 1. The molecule has 0 aromatic heterocycles. The first kappa shape index (κ1) is 16.7. The van der Waals surface area contributed by atoms with E-state index in [1.54, 1.807) is 24.3 Å². The van der Waals surface area contributed by atoms with Crippen molar-refractivity contribution in [3.8, 4) is 0 Å². The van der Waals surface area contributed by atoms with Gasteiger partial charge in [0.1, 0.15) is 0 Å². The number of rotatable bonds is 4. The van der Waals surface area contributed by atoms with Crippen molar-refractivity contribution in [3.63, 3.8) is 0 Å². The molecule has 1 amide bonds. The number of anilines is 1. The van der Waals surface area contributed by atoms with Crippen molar-refractivity contribution in [1.29, 1.82) is 0 Å². The predicted octanol–water partition coefficient (Wildman–Crippen LogP) is 2.77. The lowest BCUT2D eigenvalue weighted by Gasteiger charge is -2.25. The molecule has 0 aliphatic carbocycles. The summed E-state index contributed by atoms with van der Waals surface area (Å²) in [4.78, 5) is 11.9. The van der Waals surface area contributed by atoms with E-state index in [0.717, 1.165) is 24.8 Å². The van der Waals surface area contributed by atoms with Crippen LogP contribution in [0.1, 0.15) is 33.1 Å². The molecule has 1 aromatic carbocycles. The van der Waals surface area contributed by atoms with Crippen LogP contribution < -0.4 is 5.32 Å². The standard InChI is InChI=1S/C16H22N2O3S/c1-13(2)12-16(19)17-14-6-8-15(9-7-14)22(20,21)18-10-4-3-5-11-18/h6-9,12H,3-5,10-11H2,1-2H3,(H,17,19). The van der Waals surface area contributed by atoms with Crippen LogP contribution in [-0.2, 0) is 14.8 Å². The van der Waals surface area contributed by atoms with Crippen LogP contribution in [-0.4, -0.2) is 31.7 Å². The summed E-state index contributed by atoms with van der Waals surface area (Å²) in [7, 11) is -3.42. The second kappa shape index (κ2) is 7.07. The molecule has 0 atom stereocenters. The van der Waals surface area contributed by atoms with E-state index in [4.69, 9.17) is 0 Å². The molecule has 1 saturated heterocycles. The fourth-order valence-electron chi connectivity index (χ4n) is 2.41. The third kappa shape index (κ3) is 4.18. The van der Waals surface area contributed by atoms with Crippen molar-refractivity contribution in [2.24, 2.45) is 0 Å². The third-order valence-electron chi connectivity index (χ3n) is 3.49. The first-order chi connectivity index (χ1) is 10.4. The smallest absolute Gasteiger partial charge is 0.248 e. The summed E-state index contributed by atoms with van der Waals surface area (Å²) in [6.07, 6.45) is 4.41. The molecular weight excluding hydrogens is 300 g/mol. The Hall–Kier alpha value is -1.66. The van der Waals surface area contributed by atoms with Gasteiger partial charge < -0.3 is 5.32 Å². The molecule has 2 rings (SSSR count). The Morgan fingerprint density at radius 2 is 1.68 bits per heavy atom. The molecule has 1 heterocycles. The lowest BCUT2D eigenvalue weighted by molar-refractivity contribution is -0.111. The molecule has 6 heteroatoms. The van der Waals surface area contributed by atoms with Gasteiger partial charge in [0.05, 0.1) is 4.90 Å². The zero-order valence-corrected chi connectivity index (χ0v) is 13.8. The fraction of sp³-hybridized carbons (Fsp3) is 0.438. The molecule has 120 valence electrons. The van der Waals surface area contributed by atoms with Gasteiger partial charge in [-0.25, -0.2) is 8.42 Å². The zero-order valence-electron chi connectivity index (χ0n) is 13.0. The van der Waals surface area contributed by atoms with Crippen molar-refractivity contribution in [2.45, 2.75) is 38.0 Å². The van der Waals surface area contributed by atoms with E-state index in [1.807, 2.05) is 13.8 Å². The number of carbonyl (C=O) groups is 1. The van der Waals surface area contributed by atoms with Crippen molar-refractivity contribution in [1.82, 2.24) is 4.31 Å². The predicted molar refractivity (Wildman–Crippen MR) is 87.1 cm³/mol. The Morgan fingerprint density at radius 1 is 1.09 bits per heavy atom. The number of hydrogen-bond donors (Lipinski definition) is 1. The van der Waals surface area contributed by atoms with E-state index in [1.165, 1.54) is 10.4 Å². The summed E-state index contributed by atoms with van der Waals surface area (Å²) in [5, 5.41) is 2.71. The molecule has 0 radical (unpaired) electrons. The van der Waals surface area contributed by atoms with Crippen LogP contribution in [0, 0.1) is 0 Å². The van der Waals surface area contributed by atoms with E-state index in [0.29, 0.717) is 18.8 Å². The molecule has 1 aliphatic rings. The zero-order chi connectivity index (χ0) is 16.2. The molecule has 5 nitrogen and oxygen atoms in total. The maximum Gasteiger partial charge on any atom is 0.248 e. The van der Waals surface area contributed by atoms with Crippen molar-refractivity contribution >= 4 is 21.6 Å². The Labute approximate surface area is 132 Å². The van der Waals surface area contributed by atoms with Gasteiger partial charge in [0.2, 0.25) is 15.9 Å². The Bertz CT molecular complexity index is 653. The fourth-order valence-corrected chi connectivity index (χ4v) is 3.92. The molecule has 0 spiro atoms. The highest BCUT2D eigenvalue weighted by atomic mass is 32.2. The van der Waals surface area contributed by atoms with E-state index in [-0.39, 0.29) is 10.8 Å². The molecule has 22 heavy (non-hydrogen) atoms. The Balaban J connectivity index is 2.11.